The highest BCUT2D eigenvalue weighted by Crippen LogP contribution is 2.52. The first-order chi connectivity index (χ1) is 17.9. The number of hydrogen-bond donors (Lipinski definition) is 0. The number of para-hydroxylation sites is 1. The molecule has 6 rings (SSSR count). The van der Waals surface area contributed by atoms with Crippen molar-refractivity contribution in [3.8, 4) is 6.07 Å². The Morgan fingerprint density at radius 1 is 1.14 bits per heavy atom. The van der Waals surface area contributed by atoms with Gasteiger partial charge in [0, 0.05) is 47.4 Å². The first kappa shape index (κ1) is 23.9. The van der Waals surface area contributed by atoms with Crippen LogP contribution in [0.2, 0.25) is 0 Å². The molecule has 3 aliphatic heterocycles. The first-order valence-electron chi connectivity index (χ1n) is 13.8. The predicted octanol–water partition coefficient (Wildman–Crippen LogP) is 6.37. The number of nitrogens with zero attached hydrogens (tertiary/aromatic N) is 3. The second kappa shape index (κ2) is 8.80. The van der Waals surface area contributed by atoms with E-state index in [0.717, 1.165) is 80.4 Å². The zero-order valence-electron chi connectivity index (χ0n) is 22.1. The van der Waals surface area contributed by atoms with Gasteiger partial charge < -0.3 is 14.2 Å². The largest absolute Gasteiger partial charge is 0.422 e. The molecule has 1 atom stereocenters. The van der Waals surface area contributed by atoms with E-state index in [-0.39, 0.29) is 5.63 Å². The van der Waals surface area contributed by atoms with E-state index >= 15 is 0 Å². The Labute approximate surface area is 219 Å². The topological polar surface area (TPSA) is 60.5 Å². The van der Waals surface area contributed by atoms with E-state index in [4.69, 9.17) is 4.42 Å². The minimum Gasteiger partial charge on any atom is -0.422 e. The lowest BCUT2D eigenvalue weighted by atomic mass is 9.70. The van der Waals surface area contributed by atoms with Crippen molar-refractivity contribution in [1.29, 1.82) is 5.26 Å². The number of fused-ring (bicyclic) bond motifs is 3. The molecule has 5 nitrogen and oxygen atoms in total. The molecule has 0 saturated heterocycles. The average molecular weight is 494 g/mol. The average Bonchev–Trinajstić information content (AvgIpc) is 3.10. The van der Waals surface area contributed by atoms with Crippen LogP contribution in [0.3, 0.4) is 0 Å². The fourth-order valence-corrected chi connectivity index (χ4v) is 6.91. The molecular formula is C32H35N3O2. The molecular weight excluding hydrogens is 458 g/mol. The zero-order valence-corrected chi connectivity index (χ0v) is 22.1. The van der Waals surface area contributed by atoms with Crippen molar-refractivity contribution in [1.82, 2.24) is 0 Å². The van der Waals surface area contributed by atoms with Gasteiger partial charge in [-0.1, -0.05) is 45.4 Å². The van der Waals surface area contributed by atoms with E-state index in [2.05, 4.69) is 54.8 Å². The van der Waals surface area contributed by atoms with Gasteiger partial charge in [-0.25, -0.2) is 4.79 Å². The molecule has 0 radical (unpaired) electrons. The highest BCUT2D eigenvalue weighted by Gasteiger charge is 2.55. The van der Waals surface area contributed by atoms with Gasteiger partial charge in [-0.3, -0.25) is 0 Å². The molecule has 1 unspecified atom stereocenters. The van der Waals surface area contributed by atoms with Crippen molar-refractivity contribution in [2.45, 2.75) is 70.3 Å². The van der Waals surface area contributed by atoms with Crippen LogP contribution in [0.4, 0.5) is 11.4 Å². The van der Waals surface area contributed by atoms with Gasteiger partial charge in [0.25, 0.3) is 0 Å². The lowest BCUT2D eigenvalue weighted by Gasteiger charge is -2.40. The van der Waals surface area contributed by atoms with Gasteiger partial charge in [0.2, 0.25) is 0 Å². The zero-order chi connectivity index (χ0) is 25.8. The van der Waals surface area contributed by atoms with Gasteiger partial charge in [0.1, 0.15) is 5.58 Å². The van der Waals surface area contributed by atoms with Crippen molar-refractivity contribution < 1.29 is 4.42 Å². The van der Waals surface area contributed by atoms with Crippen LogP contribution in [0.1, 0.15) is 68.7 Å². The molecule has 1 aromatic heterocycles. The SMILES string of the molecule is CCCCN1c2ccccc2C(C)(C)C1(C#N)/C=C/c1cc2cc3c4c(c2oc1=O)CCCN4CCC3. The van der Waals surface area contributed by atoms with Crippen LogP contribution >= 0.6 is 0 Å². The molecule has 5 heteroatoms. The summed E-state index contributed by atoms with van der Waals surface area (Å²) in [7, 11) is 0. The van der Waals surface area contributed by atoms with Gasteiger partial charge in [0.15, 0.2) is 5.54 Å². The number of rotatable bonds is 5. The van der Waals surface area contributed by atoms with Crippen LogP contribution in [0, 0.1) is 11.3 Å². The lowest BCUT2D eigenvalue weighted by Crippen LogP contribution is -2.53. The van der Waals surface area contributed by atoms with E-state index < -0.39 is 11.0 Å². The van der Waals surface area contributed by atoms with E-state index in [0.29, 0.717) is 5.56 Å². The third-order valence-corrected chi connectivity index (χ3v) is 8.90. The second-order valence-electron chi connectivity index (χ2n) is 11.3. The molecule has 0 saturated carbocycles. The fourth-order valence-electron chi connectivity index (χ4n) is 6.91. The fraction of sp³-hybridized carbons (Fsp3) is 0.438. The van der Waals surface area contributed by atoms with Gasteiger partial charge in [-0.2, -0.15) is 5.26 Å². The minimum atomic E-state index is -0.907. The molecule has 190 valence electrons. The number of anilines is 2. The summed E-state index contributed by atoms with van der Waals surface area (Å²) in [6.07, 6.45) is 10.1. The molecule has 0 N–H and O–H groups in total. The molecule has 0 spiro atoms. The maximum Gasteiger partial charge on any atom is 0.343 e. The predicted molar refractivity (Wildman–Crippen MR) is 150 cm³/mol. The molecule has 4 heterocycles. The number of aryl methyl sites for hydroxylation is 2. The molecule has 3 aliphatic rings. The maximum atomic E-state index is 13.3. The van der Waals surface area contributed by atoms with Crippen molar-refractivity contribution in [2.75, 3.05) is 29.4 Å². The van der Waals surface area contributed by atoms with Gasteiger partial charge >= 0.3 is 5.63 Å². The molecule has 3 aromatic rings. The summed E-state index contributed by atoms with van der Waals surface area (Å²) >= 11 is 0. The summed E-state index contributed by atoms with van der Waals surface area (Å²) in [5.41, 5.74) is 5.67. The van der Waals surface area contributed by atoms with Crippen LogP contribution in [0.5, 0.6) is 0 Å². The molecule has 0 amide bonds. The number of hydrogen-bond acceptors (Lipinski definition) is 5. The Morgan fingerprint density at radius 3 is 2.70 bits per heavy atom. The monoisotopic (exact) mass is 493 g/mol. The second-order valence-corrected chi connectivity index (χ2v) is 11.3. The van der Waals surface area contributed by atoms with E-state index in [1.807, 2.05) is 30.4 Å². The highest BCUT2D eigenvalue weighted by molar-refractivity contribution is 5.89. The highest BCUT2D eigenvalue weighted by atomic mass is 16.4. The maximum absolute atomic E-state index is 13.3. The summed E-state index contributed by atoms with van der Waals surface area (Å²) in [6.45, 7) is 9.39. The molecule has 37 heavy (non-hydrogen) atoms. The standard InChI is InChI=1S/C32H35N3O2/c1-4-5-18-35-27-13-7-6-12-26(27)31(2,3)32(35,21-33)15-14-23-20-24-19-22-10-8-16-34-17-9-11-25(28(22)34)29(24)37-30(23)36/h6-7,12-15,19-20H,4-5,8-11,16-18H2,1-3H3/b15-14+. The van der Waals surface area contributed by atoms with Crippen LogP contribution in [-0.2, 0) is 18.3 Å². The Morgan fingerprint density at radius 2 is 1.92 bits per heavy atom. The Bertz CT molecular complexity index is 1510. The van der Waals surface area contributed by atoms with Crippen molar-refractivity contribution in [2.24, 2.45) is 0 Å². The third-order valence-electron chi connectivity index (χ3n) is 8.90. The molecule has 0 bridgehead atoms. The van der Waals surface area contributed by atoms with Crippen LogP contribution in [0.15, 0.2) is 51.7 Å². The Kier molecular flexibility index (Phi) is 5.67. The lowest BCUT2D eigenvalue weighted by molar-refractivity contribution is 0.395. The Hall–Kier alpha value is -3.52. The summed E-state index contributed by atoms with van der Waals surface area (Å²) in [5, 5.41) is 11.7. The number of nitriles is 1. The van der Waals surface area contributed by atoms with E-state index in [1.54, 1.807) is 0 Å². The van der Waals surface area contributed by atoms with E-state index in [1.165, 1.54) is 16.8 Å². The van der Waals surface area contributed by atoms with Gasteiger partial charge in [-0.05, 0) is 73.6 Å². The van der Waals surface area contributed by atoms with Gasteiger partial charge in [0.05, 0.1) is 11.6 Å². The smallest absolute Gasteiger partial charge is 0.343 e. The summed E-state index contributed by atoms with van der Waals surface area (Å²) in [4.78, 5) is 18.0. The van der Waals surface area contributed by atoms with Crippen molar-refractivity contribution in [3.05, 3.63) is 75.1 Å². The summed E-state index contributed by atoms with van der Waals surface area (Å²) in [6, 6.07) is 15.2. The van der Waals surface area contributed by atoms with Crippen LogP contribution in [-0.4, -0.2) is 25.2 Å². The number of benzene rings is 2. The third kappa shape index (κ3) is 3.45. The normalized spacial score (nSPS) is 21.8. The van der Waals surface area contributed by atoms with Gasteiger partial charge in [-0.15, -0.1) is 0 Å². The Balaban J connectivity index is 1.47. The van der Waals surface area contributed by atoms with Crippen LogP contribution < -0.4 is 15.4 Å². The van der Waals surface area contributed by atoms with Crippen molar-refractivity contribution in [3.63, 3.8) is 0 Å². The van der Waals surface area contributed by atoms with Crippen molar-refractivity contribution >= 4 is 28.4 Å². The number of unbranched alkanes of at least 4 members (excludes halogenated alkanes) is 1. The molecule has 0 fully saturated rings. The molecule has 2 aromatic carbocycles. The quantitative estimate of drug-likeness (QED) is 0.387. The van der Waals surface area contributed by atoms with E-state index in [9.17, 15) is 10.1 Å². The first-order valence-corrected chi connectivity index (χ1v) is 13.8. The molecule has 0 aliphatic carbocycles. The van der Waals surface area contributed by atoms with Crippen LogP contribution in [0.25, 0.3) is 17.0 Å². The summed E-state index contributed by atoms with van der Waals surface area (Å²) in [5.74, 6) is 0. The summed E-state index contributed by atoms with van der Waals surface area (Å²) < 4.78 is 6.02. The minimum absolute atomic E-state index is 0.339.